The zero-order valence-electron chi connectivity index (χ0n) is 11.0. The number of benzene rings is 1. The average molecular weight is 308 g/mol. The molecular formula is C12H12N4O4S. The molecule has 0 saturated carbocycles. The van der Waals surface area contributed by atoms with Gasteiger partial charge < -0.3 is 10.5 Å². The predicted octanol–water partition coefficient (Wildman–Crippen LogP) is 0.646. The number of ether oxygens (including phenoxy) is 1. The summed E-state index contributed by atoms with van der Waals surface area (Å²) in [6.45, 7) is 0. The van der Waals surface area contributed by atoms with E-state index in [-0.39, 0.29) is 21.8 Å². The van der Waals surface area contributed by atoms with Crippen LogP contribution in [0, 0.1) is 0 Å². The van der Waals surface area contributed by atoms with Gasteiger partial charge in [0.1, 0.15) is 11.2 Å². The number of nitrogens with two attached hydrogens (primary N) is 1. The molecule has 3 N–H and O–H groups in total. The normalized spacial score (nSPS) is 10.9. The molecule has 1 aromatic carbocycles. The third-order valence-corrected chi connectivity index (χ3v) is 3.95. The summed E-state index contributed by atoms with van der Waals surface area (Å²) in [5.74, 6) is -0.799. The average Bonchev–Trinajstić information content (AvgIpc) is 2.46. The van der Waals surface area contributed by atoms with Gasteiger partial charge in [-0.2, -0.15) is 0 Å². The highest BCUT2D eigenvalue weighted by molar-refractivity contribution is 7.92. The van der Waals surface area contributed by atoms with Gasteiger partial charge in [0, 0.05) is 5.69 Å². The maximum atomic E-state index is 12.3. The molecule has 9 heteroatoms. The van der Waals surface area contributed by atoms with Crippen LogP contribution < -0.4 is 10.5 Å². The number of esters is 1. The minimum absolute atomic E-state index is 0.151. The van der Waals surface area contributed by atoms with Crippen molar-refractivity contribution in [1.82, 2.24) is 9.97 Å². The quantitative estimate of drug-likeness (QED) is 0.627. The van der Waals surface area contributed by atoms with Crippen molar-refractivity contribution in [3.63, 3.8) is 0 Å². The lowest BCUT2D eigenvalue weighted by Gasteiger charge is -2.11. The molecule has 0 spiro atoms. The SMILES string of the molecule is COC(=O)c1cc(N)ccc1S(=O)(=O)Nc1cncnc1. The van der Waals surface area contributed by atoms with Crippen molar-refractivity contribution in [2.45, 2.75) is 4.90 Å². The minimum Gasteiger partial charge on any atom is -0.465 e. The van der Waals surface area contributed by atoms with Crippen LogP contribution in [-0.2, 0) is 14.8 Å². The molecule has 2 rings (SSSR count). The number of methoxy groups -OCH3 is 1. The van der Waals surface area contributed by atoms with E-state index in [2.05, 4.69) is 19.4 Å². The van der Waals surface area contributed by atoms with E-state index < -0.39 is 16.0 Å². The van der Waals surface area contributed by atoms with Gasteiger partial charge in [0.2, 0.25) is 0 Å². The number of nitrogens with zero attached hydrogens (tertiary/aromatic N) is 2. The number of sulfonamides is 1. The predicted molar refractivity (Wildman–Crippen MR) is 75.0 cm³/mol. The van der Waals surface area contributed by atoms with E-state index in [4.69, 9.17) is 5.73 Å². The molecule has 21 heavy (non-hydrogen) atoms. The van der Waals surface area contributed by atoms with Crippen molar-refractivity contribution in [2.24, 2.45) is 0 Å². The van der Waals surface area contributed by atoms with Crippen LogP contribution in [0.4, 0.5) is 11.4 Å². The minimum atomic E-state index is -4.00. The fraction of sp³-hybridized carbons (Fsp3) is 0.0833. The number of hydrogen-bond donors (Lipinski definition) is 2. The molecule has 0 atom stereocenters. The number of rotatable bonds is 4. The van der Waals surface area contributed by atoms with Gasteiger partial charge in [0.25, 0.3) is 10.0 Å². The van der Waals surface area contributed by atoms with Crippen molar-refractivity contribution in [1.29, 1.82) is 0 Å². The Hall–Kier alpha value is -2.68. The number of hydrogen-bond acceptors (Lipinski definition) is 7. The molecule has 0 aliphatic rings. The molecular weight excluding hydrogens is 296 g/mol. The largest absolute Gasteiger partial charge is 0.465 e. The topological polar surface area (TPSA) is 124 Å². The smallest absolute Gasteiger partial charge is 0.339 e. The van der Waals surface area contributed by atoms with Gasteiger partial charge in [-0.15, -0.1) is 0 Å². The highest BCUT2D eigenvalue weighted by Crippen LogP contribution is 2.22. The van der Waals surface area contributed by atoms with Crippen molar-refractivity contribution in [3.05, 3.63) is 42.5 Å². The van der Waals surface area contributed by atoms with E-state index in [1.165, 1.54) is 36.9 Å². The summed E-state index contributed by atoms with van der Waals surface area (Å²) in [5, 5.41) is 0. The maximum absolute atomic E-state index is 12.3. The second-order valence-corrected chi connectivity index (χ2v) is 5.63. The standard InChI is InChI=1S/C12H12N4O4S/c1-20-12(17)10-4-8(13)2-3-11(10)21(18,19)16-9-5-14-7-15-6-9/h2-7,16H,13H2,1H3. The van der Waals surface area contributed by atoms with Gasteiger partial charge in [0.05, 0.1) is 30.8 Å². The highest BCUT2D eigenvalue weighted by atomic mass is 32.2. The number of carbonyl (C=O) groups excluding carboxylic acids is 1. The van der Waals surface area contributed by atoms with Crippen molar-refractivity contribution < 1.29 is 17.9 Å². The molecule has 0 radical (unpaired) electrons. The number of nitrogens with one attached hydrogen (secondary N) is 1. The lowest BCUT2D eigenvalue weighted by molar-refractivity contribution is 0.0596. The second-order valence-electron chi connectivity index (χ2n) is 3.98. The summed E-state index contributed by atoms with van der Waals surface area (Å²) in [5.41, 5.74) is 5.84. The zero-order chi connectivity index (χ0) is 15.5. The van der Waals surface area contributed by atoms with E-state index in [1.54, 1.807) is 0 Å². The monoisotopic (exact) mass is 308 g/mol. The Kier molecular flexibility index (Phi) is 4.03. The van der Waals surface area contributed by atoms with Gasteiger partial charge >= 0.3 is 5.97 Å². The molecule has 110 valence electrons. The molecule has 0 fully saturated rings. The van der Waals surface area contributed by atoms with Gasteiger partial charge in [-0.05, 0) is 18.2 Å². The van der Waals surface area contributed by atoms with Crippen molar-refractivity contribution >= 4 is 27.4 Å². The maximum Gasteiger partial charge on any atom is 0.339 e. The molecule has 0 amide bonds. The lowest BCUT2D eigenvalue weighted by Crippen LogP contribution is -2.18. The first kappa shape index (κ1) is 14.7. The molecule has 0 aliphatic heterocycles. The third kappa shape index (κ3) is 3.26. The molecule has 1 aromatic heterocycles. The molecule has 2 aromatic rings. The third-order valence-electron chi connectivity index (χ3n) is 2.51. The molecule has 0 aliphatic carbocycles. The summed E-state index contributed by atoms with van der Waals surface area (Å²) in [4.78, 5) is 18.8. The number of nitrogen functional groups attached to an aromatic ring is 1. The number of carbonyl (C=O) groups is 1. The Bertz CT molecular complexity index is 762. The highest BCUT2D eigenvalue weighted by Gasteiger charge is 2.23. The molecule has 0 unspecified atom stereocenters. The summed E-state index contributed by atoms with van der Waals surface area (Å²) in [6.07, 6.45) is 3.85. The van der Waals surface area contributed by atoms with Gasteiger partial charge in [0.15, 0.2) is 0 Å². The Labute approximate surface area is 121 Å². The van der Waals surface area contributed by atoms with E-state index in [0.717, 1.165) is 7.11 Å². The summed E-state index contributed by atoms with van der Waals surface area (Å²) in [6, 6.07) is 3.85. The molecule has 0 saturated heterocycles. The van der Waals surface area contributed by atoms with Gasteiger partial charge in [-0.3, -0.25) is 4.72 Å². The molecule has 0 bridgehead atoms. The summed E-state index contributed by atoms with van der Waals surface area (Å²) in [7, 11) is -2.85. The Morgan fingerprint density at radius 3 is 2.57 bits per heavy atom. The van der Waals surface area contributed by atoms with E-state index in [0.29, 0.717) is 0 Å². The summed E-state index contributed by atoms with van der Waals surface area (Å²) < 4.78 is 31.5. The Morgan fingerprint density at radius 1 is 1.29 bits per heavy atom. The van der Waals surface area contributed by atoms with Gasteiger partial charge in [-0.1, -0.05) is 0 Å². The Morgan fingerprint density at radius 2 is 1.95 bits per heavy atom. The van der Waals surface area contributed by atoms with Crippen LogP contribution in [0.3, 0.4) is 0 Å². The van der Waals surface area contributed by atoms with Crippen LogP contribution in [0.2, 0.25) is 0 Å². The fourth-order valence-electron chi connectivity index (χ4n) is 1.61. The van der Waals surface area contributed by atoms with E-state index in [1.807, 2.05) is 0 Å². The number of aromatic nitrogens is 2. The summed E-state index contributed by atoms with van der Waals surface area (Å²) >= 11 is 0. The number of anilines is 2. The first-order valence-electron chi connectivity index (χ1n) is 5.69. The van der Waals surface area contributed by atoms with Crippen LogP contribution in [0.25, 0.3) is 0 Å². The fourth-order valence-corrected chi connectivity index (χ4v) is 2.82. The van der Waals surface area contributed by atoms with E-state index >= 15 is 0 Å². The van der Waals surface area contributed by atoms with Gasteiger partial charge in [-0.25, -0.2) is 23.2 Å². The lowest BCUT2D eigenvalue weighted by atomic mass is 10.2. The van der Waals surface area contributed by atoms with Crippen LogP contribution in [0.1, 0.15) is 10.4 Å². The van der Waals surface area contributed by atoms with Crippen LogP contribution in [0.15, 0.2) is 41.8 Å². The van der Waals surface area contributed by atoms with Crippen molar-refractivity contribution in [3.8, 4) is 0 Å². The van der Waals surface area contributed by atoms with E-state index in [9.17, 15) is 13.2 Å². The van der Waals surface area contributed by atoms with Crippen LogP contribution in [0.5, 0.6) is 0 Å². The zero-order valence-corrected chi connectivity index (χ0v) is 11.8. The first-order chi connectivity index (χ1) is 9.94. The van der Waals surface area contributed by atoms with Crippen LogP contribution >= 0.6 is 0 Å². The molecule has 8 nitrogen and oxygen atoms in total. The first-order valence-corrected chi connectivity index (χ1v) is 7.18. The second kappa shape index (κ2) is 5.75. The van der Waals surface area contributed by atoms with Crippen LogP contribution in [-0.4, -0.2) is 31.5 Å². The Balaban J connectivity index is 2.47. The van der Waals surface area contributed by atoms with Crippen molar-refractivity contribution in [2.75, 3.05) is 17.6 Å². The molecule has 1 heterocycles.